The summed E-state index contributed by atoms with van der Waals surface area (Å²) in [5.74, 6) is 0.587. The Morgan fingerprint density at radius 1 is 0.931 bits per heavy atom. The molecular weight excluding hydrogens is 402 g/mol. The van der Waals surface area contributed by atoms with Gasteiger partial charge >= 0.3 is 0 Å². The molecule has 1 N–H and O–H groups in total. The van der Waals surface area contributed by atoms with E-state index >= 15 is 0 Å². The lowest BCUT2D eigenvalue weighted by Crippen LogP contribution is -2.10. The summed E-state index contributed by atoms with van der Waals surface area (Å²) in [7, 11) is 0. The van der Waals surface area contributed by atoms with Gasteiger partial charge in [-0.05, 0) is 48.7 Å². The molecule has 0 aliphatic carbocycles. The summed E-state index contributed by atoms with van der Waals surface area (Å²) < 4.78 is 6.80. The molecule has 4 rings (SSSR count). The molecule has 3 nitrogen and oxygen atoms in total. The Bertz CT molecular complexity index is 1110. The lowest BCUT2D eigenvalue weighted by atomic mass is 10.1. The molecule has 0 bridgehead atoms. The summed E-state index contributed by atoms with van der Waals surface area (Å²) in [6, 6.07) is 25.5. The van der Waals surface area contributed by atoms with Crippen LogP contribution in [0.1, 0.15) is 21.7 Å². The van der Waals surface area contributed by atoms with Crippen molar-refractivity contribution in [2.75, 3.05) is 11.9 Å². The smallest absolute Gasteiger partial charge is 0.267 e. The second kappa shape index (κ2) is 9.12. The molecule has 0 saturated heterocycles. The standard InChI is InChI=1S/C24H20ClNO2S/c25-22-20-10-4-5-11-21(20)29-23(22)24(27)26-18-12-14-19(15-13-18)28-16-6-9-17-7-2-1-3-8-17/h1-5,7-8,10-15H,6,9,16H2,(H,26,27). The van der Waals surface area contributed by atoms with Crippen molar-refractivity contribution in [3.05, 3.63) is 94.3 Å². The lowest BCUT2D eigenvalue weighted by Gasteiger charge is -2.08. The van der Waals surface area contributed by atoms with Gasteiger partial charge in [0.25, 0.3) is 5.91 Å². The molecule has 0 unspecified atom stereocenters. The second-order valence-electron chi connectivity index (χ2n) is 6.66. The van der Waals surface area contributed by atoms with Gasteiger partial charge in [0.2, 0.25) is 0 Å². The average Bonchev–Trinajstić information content (AvgIpc) is 3.10. The van der Waals surface area contributed by atoms with Gasteiger partial charge in [-0.1, -0.05) is 60.1 Å². The maximum atomic E-state index is 12.6. The van der Waals surface area contributed by atoms with Crippen LogP contribution in [0.15, 0.2) is 78.9 Å². The predicted molar refractivity (Wildman–Crippen MR) is 121 cm³/mol. The highest BCUT2D eigenvalue weighted by Gasteiger charge is 2.17. The number of thiophene rings is 1. The predicted octanol–water partition coefficient (Wildman–Crippen LogP) is 6.82. The molecule has 0 aliphatic rings. The van der Waals surface area contributed by atoms with Crippen molar-refractivity contribution in [3.63, 3.8) is 0 Å². The van der Waals surface area contributed by atoms with Crippen LogP contribution >= 0.6 is 22.9 Å². The van der Waals surface area contributed by atoms with Gasteiger partial charge in [0.1, 0.15) is 10.6 Å². The minimum atomic E-state index is -0.201. The van der Waals surface area contributed by atoms with Crippen LogP contribution in [0.5, 0.6) is 5.75 Å². The monoisotopic (exact) mass is 421 g/mol. The summed E-state index contributed by atoms with van der Waals surface area (Å²) in [6.07, 6.45) is 1.94. The zero-order valence-corrected chi connectivity index (χ0v) is 17.3. The Hall–Kier alpha value is -2.82. The number of rotatable bonds is 7. The van der Waals surface area contributed by atoms with Crippen LogP contribution in [0.4, 0.5) is 5.69 Å². The van der Waals surface area contributed by atoms with Crippen LogP contribution in [0, 0.1) is 0 Å². The van der Waals surface area contributed by atoms with E-state index in [0.29, 0.717) is 22.2 Å². The minimum Gasteiger partial charge on any atom is -0.494 e. The molecule has 0 fully saturated rings. The highest BCUT2D eigenvalue weighted by atomic mass is 35.5. The molecular formula is C24H20ClNO2S. The number of halogens is 1. The summed E-state index contributed by atoms with van der Waals surface area (Å²) in [5, 5.41) is 4.31. The quantitative estimate of drug-likeness (QED) is 0.332. The van der Waals surface area contributed by atoms with E-state index in [-0.39, 0.29) is 5.91 Å². The summed E-state index contributed by atoms with van der Waals surface area (Å²) in [4.78, 5) is 13.1. The first-order chi connectivity index (χ1) is 14.2. The van der Waals surface area contributed by atoms with E-state index in [1.807, 2.05) is 54.6 Å². The van der Waals surface area contributed by atoms with Crippen LogP contribution in [-0.4, -0.2) is 12.5 Å². The average molecular weight is 422 g/mol. The van der Waals surface area contributed by atoms with Crippen molar-refractivity contribution in [3.8, 4) is 5.75 Å². The fourth-order valence-corrected chi connectivity index (χ4v) is 4.51. The first-order valence-corrected chi connectivity index (χ1v) is 10.7. The fourth-order valence-electron chi connectivity index (χ4n) is 3.09. The van der Waals surface area contributed by atoms with Gasteiger partial charge in [-0.2, -0.15) is 0 Å². The number of hydrogen-bond donors (Lipinski definition) is 1. The van der Waals surface area contributed by atoms with Crippen molar-refractivity contribution in [1.82, 2.24) is 0 Å². The van der Waals surface area contributed by atoms with Crippen molar-refractivity contribution in [2.45, 2.75) is 12.8 Å². The topological polar surface area (TPSA) is 38.3 Å². The molecule has 3 aromatic carbocycles. The fraction of sp³-hybridized carbons (Fsp3) is 0.125. The van der Waals surface area contributed by atoms with Gasteiger partial charge in [-0.3, -0.25) is 4.79 Å². The van der Waals surface area contributed by atoms with E-state index in [1.54, 1.807) is 0 Å². The number of benzene rings is 3. The molecule has 4 aromatic rings. The second-order valence-corrected chi connectivity index (χ2v) is 8.09. The van der Waals surface area contributed by atoms with E-state index < -0.39 is 0 Å². The maximum Gasteiger partial charge on any atom is 0.267 e. The number of carbonyl (C=O) groups is 1. The SMILES string of the molecule is O=C(Nc1ccc(OCCCc2ccccc2)cc1)c1sc2ccccc2c1Cl. The molecule has 0 saturated carbocycles. The molecule has 1 amide bonds. The van der Waals surface area contributed by atoms with Gasteiger partial charge < -0.3 is 10.1 Å². The van der Waals surface area contributed by atoms with Crippen LogP contribution in [-0.2, 0) is 6.42 Å². The number of hydrogen-bond acceptors (Lipinski definition) is 3. The van der Waals surface area contributed by atoms with E-state index in [2.05, 4.69) is 29.6 Å². The van der Waals surface area contributed by atoms with Crippen LogP contribution in [0.3, 0.4) is 0 Å². The molecule has 0 spiro atoms. The molecule has 0 aliphatic heterocycles. The van der Waals surface area contributed by atoms with Crippen LogP contribution in [0.2, 0.25) is 5.02 Å². The van der Waals surface area contributed by atoms with E-state index in [1.165, 1.54) is 16.9 Å². The summed E-state index contributed by atoms with van der Waals surface area (Å²) in [5.41, 5.74) is 2.02. The van der Waals surface area contributed by atoms with Crippen LogP contribution in [0.25, 0.3) is 10.1 Å². The van der Waals surface area contributed by atoms with E-state index in [0.717, 1.165) is 28.7 Å². The van der Waals surface area contributed by atoms with Crippen molar-refractivity contribution >= 4 is 44.6 Å². The molecule has 5 heteroatoms. The van der Waals surface area contributed by atoms with Crippen LogP contribution < -0.4 is 10.1 Å². The van der Waals surface area contributed by atoms with Gasteiger partial charge in [0, 0.05) is 15.8 Å². The number of amides is 1. The van der Waals surface area contributed by atoms with E-state index in [4.69, 9.17) is 16.3 Å². The number of nitrogens with one attached hydrogen (secondary N) is 1. The number of anilines is 1. The number of ether oxygens (including phenoxy) is 1. The molecule has 146 valence electrons. The maximum absolute atomic E-state index is 12.6. The summed E-state index contributed by atoms with van der Waals surface area (Å²) >= 11 is 7.79. The van der Waals surface area contributed by atoms with Gasteiger partial charge in [0.05, 0.1) is 11.6 Å². The largest absolute Gasteiger partial charge is 0.494 e. The zero-order valence-electron chi connectivity index (χ0n) is 15.7. The summed E-state index contributed by atoms with van der Waals surface area (Å²) in [6.45, 7) is 0.651. The lowest BCUT2D eigenvalue weighted by molar-refractivity contribution is 0.103. The normalized spacial score (nSPS) is 10.8. The molecule has 1 heterocycles. The number of fused-ring (bicyclic) bond motifs is 1. The Morgan fingerprint density at radius 3 is 2.41 bits per heavy atom. The number of aryl methyl sites for hydroxylation is 1. The third-order valence-electron chi connectivity index (χ3n) is 4.57. The Labute approximate surface area is 178 Å². The Morgan fingerprint density at radius 2 is 1.66 bits per heavy atom. The Kier molecular flexibility index (Phi) is 6.13. The molecule has 0 radical (unpaired) electrons. The molecule has 1 aromatic heterocycles. The first kappa shape index (κ1) is 19.5. The molecule has 0 atom stereocenters. The third kappa shape index (κ3) is 4.78. The first-order valence-electron chi connectivity index (χ1n) is 9.46. The van der Waals surface area contributed by atoms with Crippen molar-refractivity contribution in [2.24, 2.45) is 0 Å². The highest BCUT2D eigenvalue weighted by Crippen LogP contribution is 2.35. The minimum absolute atomic E-state index is 0.201. The van der Waals surface area contributed by atoms with Gasteiger partial charge in [-0.25, -0.2) is 0 Å². The van der Waals surface area contributed by atoms with Crippen molar-refractivity contribution < 1.29 is 9.53 Å². The number of carbonyl (C=O) groups excluding carboxylic acids is 1. The zero-order chi connectivity index (χ0) is 20.1. The Balaban J connectivity index is 1.31. The van der Waals surface area contributed by atoms with Gasteiger partial charge in [0.15, 0.2) is 0 Å². The third-order valence-corrected chi connectivity index (χ3v) is 6.25. The molecule has 29 heavy (non-hydrogen) atoms. The van der Waals surface area contributed by atoms with Gasteiger partial charge in [-0.15, -0.1) is 11.3 Å². The van der Waals surface area contributed by atoms with Crippen molar-refractivity contribution in [1.29, 1.82) is 0 Å². The van der Waals surface area contributed by atoms with E-state index in [9.17, 15) is 4.79 Å². The highest BCUT2D eigenvalue weighted by molar-refractivity contribution is 7.21.